The van der Waals surface area contributed by atoms with E-state index in [0.29, 0.717) is 41.6 Å². The molecule has 0 aromatic heterocycles. The molecule has 4 fully saturated rings. The van der Waals surface area contributed by atoms with Gasteiger partial charge in [0.15, 0.2) is 0 Å². The van der Waals surface area contributed by atoms with Gasteiger partial charge in [0.1, 0.15) is 6.29 Å². The molecule has 0 aromatic rings. The van der Waals surface area contributed by atoms with Crippen molar-refractivity contribution < 1.29 is 14.6 Å². The highest BCUT2D eigenvalue weighted by Gasteiger charge is 2.67. The highest BCUT2D eigenvalue weighted by atomic mass is 16.5. The second-order valence-electron chi connectivity index (χ2n) is 13.3. The van der Waals surface area contributed by atoms with E-state index >= 15 is 0 Å². The molecule has 10 atom stereocenters. The Morgan fingerprint density at radius 3 is 2.35 bits per heavy atom. The van der Waals surface area contributed by atoms with E-state index in [1.807, 2.05) is 0 Å². The number of hydrogen-bond donors (Lipinski definition) is 1. The van der Waals surface area contributed by atoms with E-state index in [1.165, 1.54) is 38.5 Å². The molecular weight excluding hydrogens is 384 g/mol. The van der Waals surface area contributed by atoms with Gasteiger partial charge >= 0.3 is 0 Å². The van der Waals surface area contributed by atoms with Gasteiger partial charge in [-0.25, -0.2) is 0 Å². The molecule has 0 radical (unpaired) electrons. The quantitative estimate of drug-likeness (QED) is 0.493. The van der Waals surface area contributed by atoms with Gasteiger partial charge in [-0.2, -0.15) is 0 Å². The summed E-state index contributed by atoms with van der Waals surface area (Å²) >= 11 is 0. The molecule has 4 aliphatic rings. The first-order chi connectivity index (χ1) is 14.4. The number of carbonyl (C=O) groups is 1. The minimum atomic E-state index is -0.281. The van der Waals surface area contributed by atoms with E-state index in [9.17, 15) is 9.90 Å². The van der Waals surface area contributed by atoms with Gasteiger partial charge in [0.25, 0.3) is 0 Å². The number of aldehydes is 1. The molecule has 31 heavy (non-hydrogen) atoms. The molecule has 0 bridgehead atoms. The first-order valence-corrected chi connectivity index (χ1v) is 13.2. The lowest BCUT2D eigenvalue weighted by Crippen LogP contribution is -2.63. The molecule has 3 unspecified atom stereocenters. The summed E-state index contributed by atoms with van der Waals surface area (Å²) in [4.78, 5) is 11.4. The Morgan fingerprint density at radius 1 is 1.10 bits per heavy atom. The average molecular weight is 433 g/mol. The third-order valence-corrected chi connectivity index (χ3v) is 11.5. The first-order valence-electron chi connectivity index (χ1n) is 13.2. The van der Waals surface area contributed by atoms with Crippen molar-refractivity contribution in [3.8, 4) is 0 Å². The number of carbonyl (C=O) groups excluding carboxylic acids is 1. The monoisotopic (exact) mass is 432 g/mol. The zero-order valence-corrected chi connectivity index (χ0v) is 21.2. The van der Waals surface area contributed by atoms with Crippen molar-refractivity contribution in [1.82, 2.24) is 0 Å². The Hall–Kier alpha value is -0.410. The van der Waals surface area contributed by atoms with E-state index in [1.54, 1.807) is 0 Å². The van der Waals surface area contributed by atoms with Gasteiger partial charge in [-0.15, -0.1) is 0 Å². The Morgan fingerprint density at radius 2 is 1.77 bits per heavy atom. The molecule has 0 amide bonds. The van der Waals surface area contributed by atoms with Gasteiger partial charge in [0.05, 0.1) is 17.8 Å². The lowest BCUT2D eigenvalue weighted by atomic mass is 9.39. The van der Waals surface area contributed by atoms with E-state index in [2.05, 4.69) is 48.5 Å². The Kier molecular flexibility index (Phi) is 5.99. The molecule has 1 heterocycles. The van der Waals surface area contributed by atoms with Crippen molar-refractivity contribution in [1.29, 1.82) is 0 Å². The average Bonchev–Trinajstić information content (AvgIpc) is 3.03. The maximum atomic E-state index is 11.6. The van der Waals surface area contributed by atoms with Crippen LogP contribution >= 0.6 is 0 Å². The number of ether oxygens (including phenoxy) is 1. The zero-order valence-electron chi connectivity index (χ0n) is 21.2. The van der Waals surface area contributed by atoms with E-state index in [-0.39, 0.29) is 22.5 Å². The van der Waals surface area contributed by atoms with Gasteiger partial charge in [-0.3, -0.25) is 0 Å². The fourth-order valence-electron chi connectivity index (χ4n) is 9.89. The SMILES string of the molecule is CC[C@@]1(C)[C@@H](CC=O)CC(O)[C@@]2(C)[C@@H]3CC[C@H]([C@H](C)CC4CC(C)(C)O4)C3(C)CC[C@H]12. The van der Waals surface area contributed by atoms with Crippen molar-refractivity contribution in [2.24, 2.45) is 45.8 Å². The summed E-state index contributed by atoms with van der Waals surface area (Å²) in [6.45, 7) is 16.6. The number of aliphatic hydroxyl groups excluding tert-OH is 1. The summed E-state index contributed by atoms with van der Waals surface area (Å²) in [7, 11) is 0. The molecule has 0 aromatic carbocycles. The molecule has 3 heteroatoms. The predicted molar refractivity (Wildman–Crippen MR) is 126 cm³/mol. The zero-order chi connectivity index (χ0) is 22.8. The van der Waals surface area contributed by atoms with Crippen LogP contribution in [0.4, 0.5) is 0 Å². The topological polar surface area (TPSA) is 46.5 Å². The number of aliphatic hydroxyl groups is 1. The van der Waals surface area contributed by atoms with Crippen LogP contribution < -0.4 is 0 Å². The predicted octanol–water partition coefficient (Wildman–Crippen LogP) is 6.42. The Balaban J connectivity index is 1.57. The van der Waals surface area contributed by atoms with E-state index in [4.69, 9.17) is 4.74 Å². The molecule has 178 valence electrons. The highest BCUT2D eigenvalue weighted by Crippen LogP contribution is 2.72. The molecular formula is C28H48O3. The minimum absolute atomic E-state index is 0.0272. The maximum absolute atomic E-state index is 11.6. The van der Waals surface area contributed by atoms with Gasteiger partial charge in [0, 0.05) is 18.3 Å². The van der Waals surface area contributed by atoms with Crippen LogP contribution in [0.2, 0.25) is 0 Å². The van der Waals surface area contributed by atoms with Crippen LogP contribution in [0.5, 0.6) is 0 Å². The fourth-order valence-corrected chi connectivity index (χ4v) is 9.89. The second kappa shape index (κ2) is 7.83. The number of rotatable bonds is 6. The Labute approximate surface area is 191 Å². The highest BCUT2D eigenvalue weighted by molar-refractivity contribution is 5.50. The van der Waals surface area contributed by atoms with Gasteiger partial charge in [-0.1, -0.05) is 41.0 Å². The maximum Gasteiger partial charge on any atom is 0.120 e. The summed E-state index contributed by atoms with van der Waals surface area (Å²) in [5.41, 5.74) is 0.524. The number of hydrogen-bond acceptors (Lipinski definition) is 3. The fraction of sp³-hybridized carbons (Fsp3) is 0.964. The molecule has 1 aliphatic heterocycles. The largest absolute Gasteiger partial charge is 0.393 e. The molecule has 1 saturated heterocycles. The van der Waals surface area contributed by atoms with Crippen molar-refractivity contribution >= 4 is 6.29 Å². The van der Waals surface area contributed by atoms with Crippen LogP contribution in [0.1, 0.15) is 106 Å². The van der Waals surface area contributed by atoms with Gasteiger partial charge in [-0.05, 0) is 92.8 Å². The van der Waals surface area contributed by atoms with Crippen LogP contribution in [0.3, 0.4) is 0 Å². The normalized spacial score (nSPS) is 52.0. The van der Waals surface area contributed by atoms with Crippen LogP contribution in [-0.2, 0) is 9.53 Å². The summed E-state index contributed by atoms with van der Waals surface area (Å²) < 4.78 is 6.16. The molecule has 0 spiro atoms. The molecule has 1 N–H and O–H groups in total. The second-order valence-corrected chi connectivity index (χ2v) is 13.3. The van der Waals surface area contributed by atoms with Crippen molar-refractivity contribution in [2.75, 3.05) is 0 Å². The molecule has 3 aliphatic carbocycles. The summed E-state index contributed by atoms with van der Waals surface area (Å²) in [5, 5.41) is 11.6. The molecule has 4 rings (SSSR count). The summed E-state index contributed by atoms with van der Waals surface area (Å²) in [5.74, 6) is 2.83. The standard InChI is InChI=1S/C28H48O3/c1-8-26(5)19(12-14-29)16-24(30)28(7)22-10-9-21(27(22,6)13-11-23(26)28)18(2)15-20-17-25(3,4)31-20/h14,18-24,30H,8-13,15-17H2,1-7H3/t18-,19+,20?,21-,22-,23-,24?,26+,27?,28+/m1/s1. The van der Waals surface area contributed by atoms with Crippen molar-refractivity contribution in [3.05, 3.63) is 0 Å². The lowest BCUT2D eigenvalue weighted by Gasteiger charge is -2.66. The third-order valence-electron chi connectivity index (χ3n) is 11.5. The molecule has 3 nitrogen and oxygen atoms in total. The van der Waals surface area contributed by atoms with Gasteiger partial charge < -0.3 is 14.6 Å². The smallest absolute Gasteiger partial charge is 0.120 e. The van der Waals surface area contributed by atoms with Crippen LogP contribution in [0.25, 0.3) is 0 Å². The lowest BCUT2D eigenvalue weighted by molar-refractivity contribution is -0.215. The van der Waals surface area contributed by atoms with Crippen LogP contribution in [0, 0.1) is 45.8 Å². The van der Waals surface area contributed by atoms with Crippen LogP contribution in [-0.4, -0.2) is 29.2 Å². The van der Waals surface area contributed by atoms with E-state index < -0.39 is 0 Å². The van der Waals surface area contributed by atoms with Crippen molar-refractivity contribution in [2.45, 2.75) is 124 Å². The Bertz CT molecular complexity index is 680. The molecule has 3 saturated carbocycles. The van der Waals surface area contributed by atoms with Crippen molar-refractivity contribution in [3.63, 3.8) is 0 Å². The number of fused-ring (bicyclic) bond motifs is 3. The van der Waals surface area contributed by atoms with E-state index in [0.717, 1.165) is 25.0 Å². The minimum Gasteiger partial charge on any atom is -0.393 e. The van der Waals surface area contributed by atoms with Crippen LogP contribution in [0.15, 0.2) is 0 Å². The van der Waals surface area contributed by atoms with Gasteiger partial charge in [0.2, 0.25) is 0 Å². The first kappa shape index (κ1) is 23.7. The summed E-state index contributed by atoms with van der Waals surface area (Å²) in [6, 6.07) is 0. The summed E-state index contributed by atoms with van der Waals surface area (Å²) in [6.07, 6.45) is 11.2. The third kappa shape index (κ3) is 3.47.